The van der Waals surface area contributed by atoms with E-state index in [-0.39, 0.29) is 23.3 Å². The van der Waals surface area contributed by atoms with Crippen molar-refractivity contribution in [2.75, 3.05) is 18.4 Å². The van der Waals surface area contributed by atoms with Crippen LogP contribution in [0.3, 0.4) is 0 Å². The van der Waals surface area contributed by atoms with Crippen LogP contribution in [-0.2, 0) is 4.79 Å². The molecule has 2 aromatic rings. The van der Waals surface area contributed by atoms with E-state index in [9.17, 15) is 14.0 Å². The number of aryl methyl sites for hydroxylation is 2. The second-order valence-corrected chi connectivity index (χ2v) is 6.85. The van der Waals surface area contributed by atoms with Gasteiger partial charge in [0.15, 0.2) is 0 Å². The van der Waals surface area contributed by atoms with Crippen molar-refractivity contribution in [2.24, 2.45) is 5.92 Å². The fraction of sp³-hybridized carbons (Fsp3) is 0.333. The van der Waals surface area contributed by atoms with E-state index in [2.05, 4.69) is 5.32 Å². The number of amides is 2. The van der Waals surface area contributed by atoms with Gasteiger partial charge in [-0.2, -0.15) is 0 Å². The third-order valence-electron chi connectivity index (χ3n) is 4.91. The number of benzene rings is 2. The van der Waals surface area contributed by atoms with Gasteiger partial charge in [0.1, 0.15) is 5.82 Å². The van der Waals surface area contributed by atoms with Crippen molar-refractivity contribution >= 4 is 17.5 Å². The van der Waals surface area contributed by atoms with Crippen LogP contribution < -0.4 is 5.32 Å². The SMILES string of the molecule is Cc1ccc(C)c(NC(=O)C2CCN(C(=O)c3ccccc3F)CC2)c1. The molecule has 0 saturated carbocycles. The van der Waals surface area contributed by atoms with Crippen molar-refractivity contribution in [2.45, 2.75) is 26.7 Å². The Kier molecular flexibility index (Phi) is 5.35. The second kappa shape index (κ2) is 7.68. The highest BCUT2D eigenvalue weighted by Crippen LogP contribution is 2.23. The standard InChI is InChI=1S/C21H23FN2O2/c1-14-7-8-15(2)19(13-14)23-20(25)16-9-11-24(12-10-16)21(26)17-5-3-4-6-18(17)22/h3-8,13,16H,9-12H2,1-2H3,(H,23,25). The quantitative estimate of drug-likeness (QED) is 0.908. The Morgan fingerprint density at radius 2 is 1.77 bits per heavy atom. The van der Waals surface area contributed by atoms with Gasteiger partial charge < -0.3 is 10.2 Å². The Hall–Kier alpha value is -2.69. The van der Waals surface area contributed by atoms with E-state index in [1.54, 1.807) is 17.0 Å². The number of halogens is 1. The first-order valence-electron chi connectivity index (χ1n) is 8.87. The fourth-order valence-electron chi connectivity index (χ4n) is 3.26. The first kappa shape index (κ1) is 18.1. The number of anilines is 1. The largest absolute Gasteiger partial charge is 0.339 e. The topological polar surface area (TPSA) is 49.4 Å². The van der Waals surface area contributed by atoms with Gasteiger partial charge in [0.05, 0.1) is 5.56 Å². The van der Waals surface area contributed by atoms with Gasteiger partial charge in [0.2, 0.25) is 5.91 Å². The summed E-state index contributed by atoms with van der Waals surface area (Å²) < 4.78 is 13.8. The summed E-state index contributed by atoms with van der Waals surface area (Å²) in [4.78, 5) is 26.6. The van der Waals surface area contributed by atoms with Crippen molar-refractivity contribution in [1.29, 1.82) is 0 Å². The van der Waals surface area contributed by atoms with Crippen molar-refractivity contribution in [1.82, 2.24) is 4.90 Å². The summed E-state index contributed by atoms with van der Waals surface area (Å²) in [5, 5.41) is 3.00. The Labute approximate surface area is 153 Å². The number of piperidine rings is 1. The molecular weight excluding hydrogens is 331 g/mol. The summed E-state index contributed by atoms with van der Waals surface area (Å²) in [6.07, 6.45) is 1.16. The minimum atomic E-state index is -0.507. The van der Waals surface area contributed by atoms with Crippen molar-refractivity contribution in [3.63, 3.8) is 0 Å². The van der Waals surface area contributed by atoms with Gasteiger partial charge in [0.25, 0.3) is 5.91 Å². The zero-order valence-electron chi connectivity index (χ0n) is 15.1. The molecule has 2 amide bonds. The molecular formula is C21H23FN2O2. The average molecular weight is 354 g/mol. The molecule has 1 heterocycles. The van der Waals surface area contributed by atoms with Crippen LogP contribution in [-0.4, -0.2) is 29.8 Å². The number of rotatable bonds is 3. The van der Waals surface area contributed by atoms with Crippen molar-refractivity contribution in [3.8, 4) is 0 Å². The molecule has 4 nitrogen and oxygen atoms in total. The van der Waals surface area contributed by atoms with E-state index in [1.165, 1.54) is 12.1 Å². The van der Waals surface area contributed by atoms with E-state index in [0.29, 0.717) is 25.9 Å². The second-order valence-electron chi connectivity index (χ2n) is 6.85. The lowest BCUT2D eigenvalue weighted by Gasteiger charge is -2.31. The molecule has 3 rings (SSSR count). The molecule has 0 aromatic heterocycles. The number of nitrogens with one attached hydrogen (secondary N) is 1. The molecule has 1 aliphatic heterocycles. The van der Waals surface area contributed by atoms with E-state index in [0.717, 1.165) is 16.8 Å². The Balaban J connectivity index is 1.60. The van der Waals surface area contributed by atoms with E-state index in [4.69, 9.17) is 0 Å². The average Bonchev–Trinajstić information content (AvgIpc) is 2.64. The smallest absolute Gasteiger partial charge is 0.256 e. The van der Waals surface area contributed by atoms with E-state index < -0.39 is 5.82 Å². The van der Waals surface area contributed by atoms with Gasteiger partial charge in [-0.1, -0.05) is 24.3 Å². The number of likely N-dealkylation sites (tertiary alicyclic amines) is 1. The summed E-state index contributed by atoms with van der Waals surface area (Å²) in [5.41, 5.74) is 3.04. The lowest BCUT2D eigenvalue weighted by atomic mass is 9.95. The third kappa shape index (κ3) is 3.93. The summed E-state index contributed by atoms with van der Waals surface area (Å²) in [6.45, 7) is 4.86. The summed E-state index contributed by atoms with van der Waals surface area (Å²) in [5.74, 6) is -0.972. The molecule has 1 N–H and O–H groups in total. The normalized spacial score (nSPS) is 15.0. The molecule has 1 saturated heterocycles. The maximum absolute atomic E-state index is 13.8. The first-order valence-corrected chi connectivity index (χ1v) is 8.87. The van der Waals surface area contributed by atoms with E-state index in [1.807, 2.05) is 32.0 Å². The maximum Gasteiger partial charge on any atom is 0.256 e. The van der Waals surface area contributed by atoms with Gasteiger partial charge in [-0.3, -0.25) is 9.59 Å². The predicted molar refractivity (Wildman–Crippen MR) is 99.6 cm³/mol. The van der Waals surface area contributed by atoms with Crippen LogP contribution in [0.2, 0.25) is 0 Å². The molecule has 2 aromatic carbocycles. The van der Waals surface area contributed by atoms with Crippen LogP contribution in [0.15, 0.2) is 42.5 Å². The zero-order chi connectivity index (χ0) is 18.7. The highest BCUT2D eigenvalue weighted by atomic mass is 19.1. The molecule has 1 aliphatic rings. The van der Waals surface area contributed by atoms with Crippen molar-refractivity contribution < 1.29 is 14.0 Å². The van der Waals surface area contributed by atoms with E-state index >= 15 is 0 Å². The van der Waals surface area contributed by atoms with Crippen LogP contribution in [0.5, 0.6) is 0 Å². The van der Waals surface area contributed by atoms with Gasteiger partial charge in [-0.05, 0) is 56.0 Å². The Morgan fingerprint density at radius 3 is 2.46 bits per heavy atom. The minimum Gasteiger partial charge on any atom is -0.339 e. The van der Waals surface area contributed by atoms with Gasteiger partial charge in [-0.25, -0.2) is 4.39 Å². The highest BCUT2D eigenvalue weighted by molar-refractivity contribution is 5.95. The Bertz CT molecular complexity index is 827. The molecule has 0 atom stereocenters. The molecule has 0 unspecified atom stereocenters. The first-order chi connectivity index (χ1) is 12.5. The molecule has 1 fully saturated rings. The molecule has 26 heavy (non-hydrogen) atoms. The number of hydrogen-bond acceptors (Lipinski definition) is 2. The maximum atomic E-state index is 13.8. The molecule has 5 heteroatoms. The fourth-order valence-corrected chi connectivity index (χ4v) is 3.26. The number of carbonyl (C=O) groups is 2. The van der Waals surface area contributed by atoms with Crippen LogP contribution in [0, 0.1) is 25.6 Å². The van der Waals surface area contributed by atoms with Crippen LogP contribution >= 0.6 is 0 Å². The van der Waals surface area contributed by atoms with Crippen LogP contribution in [0.1, 0.15) is 34.3 Å². The monoisotopic (exact) mass is 354 g/mol. The predicted octanol–water partition coefficient (Wildman–Crippen LogP) is 3.93. The van der Waals surface area contributed by atoms with Gasteiger partial charge in [-0.15, -0.1) is 0 Å². The molecule has 0 radical (unpaired) electrons. The Morgan fingerprint density at radius 1 is 1.08 bits per heavy atom. The minimum absolute atomic E-state index is 0.0170. The summed E-state index contributed by atoms with van der Waals surface area (Å²) >= 11 is 0. The molecule has 0 bridgehead atoms. The van der Waals surface area contributed by atoms with Crippen LogP contribution in [0.4, 0.5) is 10.1 Å². The molecule has 0 aliphatic carbocycles. The number of hydrogen-bond donors (Lipinski definition) is 1. The third-order valence-corrected chi connectivity index (χ3v) is 4.91. The molecule has 0 spiro atoms. The zero-order valence-corrected chi connectivity index (χ0v) is 15.1. The van der Waals surface area contributed by atoms with Crippen LogP contribution in [0.25, 0.3) is 0 Å². The summed E-state index contributed by atoms with van der Waals surface area (Å²) in [6, 6.07) is 12.0. The number of nitrogens with zero attached hydrogens (tertiary/aromatic N) is 1. The van der Waals surface area contributed by atoms with Crippen molar-refractivity contribution in [3.05, 3.63) is 65.0 Å². The molecule has 136 valence electrons. The van der Waals surface area contributed by atoms with Gasteiger partial charge >= 0.3 is 0 Å². The summed E-state index contributed by atoms with van der Waals surface area (Å²) in [7, 11) is 0. The number of carbonyl (C=O) groups excluding carboxylic acids is 2. The van der Waals surface area contributed by atoms with Gasteiger partial charge in [0, 0.05) is 24.7 Å². The lowest BCUT2D eigenvalue weighted by Crippen LogP contribution is -2.41. The highest BCUT2D eigenvalue weighted by Gasteiger charge is 2.28. The lowest BCUT2D eigenvalue weighted by molar-refractivity contribution is -0.121.